The predicted molar refractivity (Wildman–Crippen MR) is 114 cm³/mol. The van der Waals surface area contributed by atoms with Crippen LogP contribution in [-0.4, -0.2) is 50.3 Å². The number of para-hydroxylation sites is 1. The smallest absolute Gasteiger partial charge is 0.193 e. The molecule has 144 valence electrons. The number of hydrogen-bond donors (Lipinski definition) is 1. The molecule has 0 amide bonds. The van der Waals surface area contributed by atoms with Crippen LogP contribution in [0.15, 0.2) is 29.3 Å². The summed E-state index contributed by atoms with van der Waals surface area (Å²) in [7, 11) is 1.87. The van der Waals surface area contributed by atoms with E-state index in [-0.39, 0.29) is 24.0 Å². The third-order valence-corrected chi connectivity index (χ3v) is 5.89. The van der Waals surface area contributed by atoms with Crippen molar-refractivity contribution in [2.24, 2.45) is 10.4 Å². The largest absolute Gasteiger partial charge is 0.490 e. The summed E-state index contributed by atoms with van der Waals surface area (Å²) >= 11 is 0. The third-order valence-electron chi connectivity index (χ3n) is 5.89. The Morgan fingerprint density at radius 1 is 1.35 bits per heavy atom. The number of likely N-dealkylation sites (tertiary alicyclic amines) is 1. The molecule has 26 heavy (non-hydrogen) atoms. The molecule has 1 saturated carbocycles. The van der Waals surface area contributed by atoms with Gasteiger partial charge in [0.1, 0.15) is 5.75 Å². The fourth-order valence-electron chi connectivity index (χ4n) is 4.03. The van der Waals surface area contributed by atoms with Crippen LogP contribution >= 0.6 is 24.0 Å². The molecule has 6 heteroatoms. The highest BCUT2D eigenvalue weighted by molar-refractivity contribution is 14.0. The van der Waals surface area contributed by atoms with Gasteiger partial charge in [-0.2, -0.15) is 0 Å². The zero-order valence-electron chi connectivity index (χ0n) is 15.6. The normalized spacial score (nSPS) is 25.9. The van der Waals surface area contributed by atoms with Gasteiger partial charge in [0.2, 0.25) is 0 Å². The maximum atomic E-state index is 6.14. The molecular formula is C20H30IN3O2. The van der Waals surface area contributed by atoms with Gasteiger partial charge < -0.3 is 19.7 Å². The SMILES string of the molecule is CN=C(NCc1ccccc1OC1CCC1)N1CCC2(CCOC2)C1.I. The van der Waals surface area contributed by atoms with Gasteiger partial charge in [-0.3, -0.25) is 4.99 Å². The molecule has 4 rings (SSSR count). The zero-order chi connectivity index (χ0) is 17.1. The quantitative estimate of drug-likeness (QED) is 0.416. The molecule has 1 aromatic carbocycles. The highest BCUT2D eigenvalue weighted by Gasteiger charge is 2.42. The van der Waals surface area contributed by atoms with Crippen LogP contribution in [-0.2, 0) is 11.3 Å². The first-order chi connectivity index (χ1) is 12.3. The summed E-state index contributed by atoms with van der Waals surface area (Å²) in [4.78, 5) is 6.89. The van der Waals surface area contributed by atoms with E-state index < -0.39 is 0 Å². The van der Waals surface area contributed by atoms with E-state index in [9.17, 15) is 0 Å². The molecule has 1 atom stereocenters. The maximum Gasteiger partial charge on any atom is 0.193 e. The van der Waals surface area contributed by atoms with Crippen molar-refractivity contribution < 1.29 is 9.47 Å². The predicted octanol–water partition coefficient (Wildman–Crippen LogP) is 3.42. The molecule has 1 N–H and O–H groups in total. The van der Waals surface area contributed by atoms with E-state index in [2.05, 4.69) is 39.5 Å². The van der Waals surface area contributed by atoms with Gasteiger partial charge in [-0.1, -0.05) is 18.2 Å². The van der Waals surface area contributed by atoms with Gasteiger partial charge in [0, 0.05) is 44.3 Å². The minimum Gasteiger partial charge on any atom is -0.490 e. The van der Waals surface area contributed by atoms with Crippen molar-refractivity contribution >= 4 is 29.9 Å². The molecule has 0 aromatic heterocycles. The van der Waals surface area contributed by atoms with Gasteiger partial charge in [0.25, 0.3) is 0 Å². The van der Waals surface area contributed by atoms with Crippen molar-refractivity contribution in [1.29, 1.82) is 0 Å². The Morgan fingerprint density at radius 3 is 2.88 bits per heavy atom. The molecule has 2 heterocycles. The van der Waals surface area contributed by atoms with Crippen LogP contribution < -0.4 is 10.1 Å². The Balaban J connectivity index is 0.00000196. The summed E-state index contributed by atoms with van der Waals surface area (Å²) in [5, 5.41) is 3.54. The summed E-state index contributed by atoms with van der Waals surface area (Å²) in [5.41, 5.74) is 1.55. The van der Waals surface area contributed by atoms with Gasteiger partial charge >= 0.3 is 0 Å². The average molecular weight is 471 g/mol. The lowest BCUT2D eigenvalue weighted by Gasteiger charge is -2.28. The van der Waals surface area contributed by atoms with Crippen molar-refractivity contribution in [1.82, 2.24) is 10.2 Å². The van der Waals surface area contributed by atoms with E-state index in [4.69, 9.17) is 9.47 Å². The molecule has 1 unspecified atom stereocenters. The summed E-state index contributed by atoms with van der Waals surface area (Å²) in [6, 6.07) is 8.36. The van der Waals surface area contributed by atoms with Gasteiger partial charge in [0.05, 0.1) is 12.7 Å². The first kappa shape index (κ1) is 19.7. The fraction of sp³-hybridized carbons (Fsp3) is 0.650. The first-order valence-electron chi connectivity index (χ1n) is 9.56. The molecular weight excluding hydrogens is 441 g/mol. The zero-order valence-corrected chi connectivity index (χ0v) is 17.9. The van der Waals surface area contributed by atoms with Crippen molar-refractivity contribution in [2.75, 3.05) is 33.4 Å². The fourth-order valence-corrected chi connectivity index (χ4v) is 4.03. The summed E-state index contributed by atoms with van der Waals surface area (Å²) in [5.74, 6) is 2.00. The van der Waals surface area contributed by atoms with Crippen molar-refractivity contribution in [2.45, 2.75) is 44.8 Å². The molecule has 2 saturated heterocycles. The number of nitrogens with one attached hydrogen (secondary N) is 1. The second-order valence-corrected chi connectivity index (χ2v) is 7.65. The second kappa shape index (κ2) is 8.78. The number of rotatable bonds is 4. The van der Waals surface area contributed by atoms with E-state index >= 15 is 0 Å². The molecule has 1 aliphatic carbocycles. The topological polar surface area (TPSA) is 46.1 Å². The molecule has 0 bridgehead atoms. The van der Waals surface area contributed by atoms with Crippen molar-refractivity contribution in [3.05, 3.63) is 29.8 Å². The van der Waals surface area contributed by atoms with E-state index in [1.54, 1.807) is 0 Å². The van der Waals surface area contributed by atoms with Gasteiger partial charge in [0.15, 0.2) is 5.96 Å². The lowest BCUT2D eigenvalue weighted by atomic mass is 9.87. The van der Waals surface area contributed by atoms with Crippen LogP contribution in [0.3, 0.4) is 0 Å². The van der Waals surface area contributed by atoms with E-state index in [0.717, 1.165) is 44.6 Å². The second-order valence-electron chi connectivity index (χ2n) is 7.65. The van der Waals surface area contributed by atoms with Crippen LogP contribution in [0, 0.1) is 5.41 Å². The first-order valence-corrected chi connectivity index (χ1v) is 9.56. The maximum absolute atomic E-state index is 6.14. The average Bonchev–Trinajstić information content (AvgIpc) is 3.23. The van der Waals surface area contributed by atoms with Crippen LogP contribution in [0.1, 0.15) is 37.7 Å². The van der Waals surface area contributed by atoms with E-state index in [1.165, 1.54) is 37.7 Å². The standard InChI is InChI=1S/C20H29N3O2.HI/c1-21-19(23-11-9-20(14-23)10-12-24-15-20)22-13-16-5-2-3-8-18(16)25-17-6-4-7-17;/h2-3,5,8,17H,4,6-7,9-15H2,1H3,(H,21,22);1H. The molecule has 5 nitrogen and oxygen atoms in total. The third kappa shape index (κ3) is 4.27. The number of hydrogen-bond acceptors (Lipinski definition) is 3. The Morgan fingerprint density at radius 2 is 2.19 bits per heavy atom. The number of guanidine groups is 1. The summed E-state index contributed by atoms with van der Waals surface area (Å²) in [6.07, 6.45) is 6.44. The monoisotopic (exact) mass is 471 g/mol. The molecule has 3 aliphatic rings. The lowest BCUT2D eigenvalue weighted by molar-refractivity contribution is 0.119. The number of halogens is 1. The van der Waals surface area contributed by atoms with Crippen LogP contribution in [0.25, 0.3) is 0 Å². The highest BCUT2D eigenvalue weighted by Crippen LogP contribution is 2.38. The minimum absolute atomic E-state index is 0. The highest BCUT2D eigenvalue weighted by atomic mass is 127. The minimum atomic E-state index is 0. The summed E-state index contributed by atoms with van der Waals surface area (Å²) < 4.78 is 11.8. The van der Waals surface area contributed by atoms with Gasteiger partial charge in [-0.15, -0.1) is 24.0 Å². The lowest BCUT2D eigenvalue weighted by Crippen LogP contribution is -2.41. The molecule has 3 fully saturated rings. The van der Waals surface area contributed by atoms with Crippen LogP contribution in [0.4, 0.5) is 0 Å². The summed E-state index contributed by atoms with van der Waals surface area (Å²) in [6.45, 7) is 4.66. The molecule has 2 aliphatic heterocycles. The number of nitrogens with zero attached hydrogens (tertiary/aromatic N) is 2. The van der Waals surface area contributed by atoms with E-state index in [1.807, 2.05) is 7.05 Å². The van der Waals surface area contributed by atoms with Crippen molar-refractivity contribution in [3.8, 4) is 5.75 Å². The van der Waals surface area contributed by atoms with Gasteiger partial charge in [-0.25, -0.2) is 0 Å². The Labute approximate surface area is 173 Å². The number of aliphatic imine (C=N–C) groups is 1. The Kier molecular flexibility index (Phi) is 6.66. The Bertz CT molecular complexity index is 627. The number of benzene rings is 1. The molecule has 1 aromatic rings. The van der Waals surface area contributed by atoms with Gasteiger partial charge in [-0.05, 0) is 38.2 Å². The van der Waals surface area contributed by atoms with Crippen LogP contribution in [0.2, 0.25) is 0 Å². The number of ether oxygens (including phenoxy) is 2. The van der Waals surface area contributed by atoms with Crippen molar-refractivity contribution in [3.63, 3.8) is 0 Å². The molecule has 0 radical (unpaired) electrons. The van der Waals surface area contributed by atoms with E-state index in [0.29, 0.717) is 11.5 Å². The molecule has 1 spiro atoms. The Hall–Kier alpha value is -1.02. The van der Waals surface area contributed by atoms with Crippen LogP contribution in [0.5, 0.6) is 5.75 Å².